The van der Waals surface area contributed by atoms with Gasteiger partial charge in [-0.1, -0.05) is 30.3 Å². The van der Waals surface area contributed by atoms with Crippen molar-refractivity contribution in [2.24, 2.45) is 0 Å². The van der Waals surface area contributed by atoms with Crippen LogP contribution in [0.1, 0.15) is 28.6 Å². The zero-order valence-electron chi connectivity index (χ0n) is 13.9. The van der Waals surface area contributed by atoms with E-state index in [2.05, 4.69) is 15.6 Å². The number of rotatable bonds is 3. The Kier molecular flexibility index (Phi) is 3.89. The Morgan fingerprint density at radius 1 is 1.28 bits per heavy atom. The summed E-state index contributed by atoms with van der Waals surface area (Å²) in [6.45, 7) is 2.34. The molecule has 0 saturated heterocycles. The standard InChI is InChI=1S/C19H20N4O2/c1-12-5-4-8-17-21-14(11-23(12)17)10-20-19(25)22-18-15-7-3-2-6-13(15)9-16(18)24/h2-8,11,16,18,24H,9-10H2,1H3,(H2,20,22,25)/t16-,18+/m1/s1. The molecule has 3 N–H and O–H groups in total. The van der Waals surface area contributed by atoms with Gasteiger partial charge in [0.2, 0.25) is 0 Å². The average molecular weight is 336 g/mol. The van der Waals surface area contributed by atoms with Gasteiger partial charge < -0.3 is 20.1 Å². The second-order valence-corrected chi connectivity index (χ2v) is 6.40. The van der Waals surface area contributed by atoms with E-state index < -0.39 is 6.10 Å². The van der Waals surface area contributed by atoms with E-state index in [1.54, 1.807) is 0 Å². The number of hydrogen-bond acceptors (Lipinski definition) is 3. The van der Waals surface area contributed by atoms with E-state index in [9.17, 15) is 9.90 Å². The summed E-state index contributed by atoms with van der Waals surface area (Å²) >= 11 is 0. The monoisotopic (exact) mass is 336 g/mol. The van der Waals surface area contributed by atoms with Gasteiger partial charge in [-0.15, -0.1) is 0 Å². The molecule has 1 aliphatic carbocycles. The minimum atomic E-state index is -0.596. The van der Waals surface area contributed by atoms with Crippen LogP contribution < -0.4 is 10.6 Å². The first-order valence-corrected chi connectivity index (χ1v) is 8.35. The van der Waals surface area contributed by atoms with E-state index in [4.69, 9.17) is 0 Å². The SMILES string of the molecule is Cc1cccc2nc(CNC(=O)N[C@H]3c4ccccc4C[C@H]3O)cn12. The molecule has 25 heavy (non-hydrogen) atoms. The van der Waals surface area contributed by atoms with Crippen LogP contribution in [0.5, 0.6) is 0 Å². The second-order valence-electron chi connectivity index (χ2n) is 6.40. The number of pyridine rings is 1. The van der Waals surface area contributed by atoms with Crippen LogP contribution in [0, 0.1) is 6.92 Å². The molecule has 0 spiro atoms. The topological polar surface area (TPSA) is 78.7 Å². The van der Waals surface area contributed by atoms with Gasteiger partial charge in [0.25, 0.3) is 0 Å². The van der Waals surface area contributed by atoms with Crippen LogP contribution in [0.3, 0.4) is 0 Å². The largest absolute Gasteiger partial charge is 0.390 e. The van der Waals surface area contributed by atoms with Gasteiger partial charge in [-0.2, -0.15) is 0 Å². The van der Waals surface area contributed by atoms with Crippen molar-refractivity contribution in [3.8, 4) is 0 Å². The molecule has 3 aromatic rings. The number of hydrogen-bond donors (Lipinski definition) is 3. The highest BCUT2D eigenvalue weighted by molar-refractivity contribution is 5.74. The predicted molar refractivity (Wildman–Crippen MR) is 94.2 cm³/mol. The highest BCUT2D eigenvalue weighted by Gasteiger charge is 2.31. The van der Waals surface area contributed by atoms with Crippen molar-refractivity contribution in [3.63, 3.8) is 0 Å². The first-order chi connectivity index (χ1) is 12.1. The van der Waals surface area contributed by atoms with Gasteiger partial charge in [0, 0.05) is 18.3 Å². The predicted octanol–water partition coefficient (Wildman–Crippen LogP) is 2.10. The number of aromatic nitrogens is 2. The van der Waals surface area contributed by atoms with Gasteiger partial charge in [0.15, 0.2) is 0 Å². The van der Waals surface area contributed by atoms with Crippen LogP contribution in [0.4, 0.5) is 4.79 Å². The van der Waals surface area contributed by atoms with E-state index in [0.29, 0.717) is 13.0 Å². The van der Waals surface area contributed by atoms with Crippen molar-refractivity contribution < 1.29 is 9.90 Å². The molecule has 0 fully saturated rings. The Morgan fingerprint density at radius 3 is 2.96 bits per heavy atom. The molecule has 128 valence electrons. The molecular weight excluding hydrogens is 316 g/mol. The number of aliphatic hydroxyl groups is 1. The van der Waals surface area contributed by atoms with Gasteiger partial charge in [-0.05, 0) is 30.2 Å². The lowest BCUT2D eigenvalue weighted by atomic mass is 10.1. The first kappa shape index (κ1) is 15.7. The molecule has 2 heterocycles. The molecular formula is C19H20N4O2. The van der Waals surface area contributed by atoms with Gasteiger partial charge in [-0.25, -0.2) is 9.78 Å². The summed E-state index contributed by atoms with van der Waals surface area (Å²) in [5.41, 5.74) is 4.80. The lowest BCUT2D eigenvalue weighted by Gasteiger charge is -2.18. The molecule has 1 aliphatic rings. The Balaban J connectivity index is 1.41. The molecule has 2 amide bonds. The van der Waals surface area contributed by atoms with E-state index in [1.165, 1.54) is 0 Å². The number of nitrogens with one attached hydrogen (secondary N) is 2. The third-order valence-corrected chi connectivity index (χ3v) is 4.67. The quantitative estimate of drug-likeness (QED) is 0.685. The summed E-state index contributed by atoms with van der Waals surface area (Å²) in [6.07, 6.45) is 1.89. The van der Waals surface area contributed by atoms with Crippen LogP contribution >= 0.6 is 0 Å². The number of carbonyl (C=O) groups excluding carboxylic acids is 1. The number of nitrogens with zero attached hydrogens (tertiary/aromatic N) is 2. The van der Waals surface area contributed by atoms with Gasteiger partial charge in [0.1, 0.15) is 5.65 Å². The van der Waals surface area contributed by atoms with Crippen LogP contribution in [-0.4, -0.2) is 26.6 Å². The lowest BCUT2D eigenvalue weighted by molar-refractivity contribution is 0.142. The maximum atomic E-state index is 12.2. The molecule has 6 heteroatoms. The second kappa shape index (κ2) is 6.22. The lowest BCUT2D eigenvalue weighted by Crippen LogP contribution is -2.40. The highest BCUT2D eigenvalue weighted by Crippen LogP contribution is 2.31. The zero-order chi connectivity index (χ0) is 17.4. The van der Waals surface area contributed by atoms with Crippen molar-refractivity contribution >= 4 is 11.7 Å². The van der Waals surface area contributed by atoms with Crippen molar-refractivity contribution in [3.05, 3.63) is 71.2 Å². The fourth-order valence-electron chi connectivity index (χ4n) is 3.39. The number of benzene rings is 1. The number of carbonyl (C=O) groups is 1. The van der Waals surface area contributed by atoms with Crippen LogP contribution in [0.25, 0.3) is 5.65 Å². The molecule has 0 radical (unpaired) electrons. The van der Waals surface area contributed by atoms with Gasteiger partial charge in [0.05, 0.1) is 24.4 Å². The number of imidazole rings is 1. The summed E-state index contributed by atoms with van der Waals surface area (Å²) in [7, 11) is 0. The maximum absolute atomic E-state index is 12.2. The molecule has 0 aliphatic heterocycles. The Morgan fingerprint density at radius 2 is 2.12 bits per heavy atom. The molecule has 2 aromatic heterocycles. The molecule has 0 unspecified atom stereocenters. The number of urea groups is 1. The Bertz CT molecular complexity index is 934. The normalized spacial score (nSPS) is 19.0. The maximum Gasteiger partial charge on any atom is 0.315 e. The van der Waals surface area contributed by atoms with E-state index in [1.807, 2.05) is 60.0 Å². The minimum Gasteiger partial charge on any atom is -0.390 e. The van der Waals surface area contributed by atoms with E-state index in [-0.39, 0.29) is 12.1 Å². The minimum absolute atomic E-state index is 0.311. The van der Waals surface area contributed by atoms with E-state index in [0.717, 1.165) is 28.2 Å². The van der Waals surface area contributed by atoms with Gasteiger partial charge in [-0.3, -0.25) is 0 Å². The fourth-order valence-corrected chi connectivity index (χ4v) is 3.39. The summed E-state index contributed by atoms with van der Waals surface area (Å²) in [5, 5.41) is 15.9. The number of amides is 2. The summed E-state index contributed by atoms with van der Waals surface area (Å²) < 4.78 is 1.99. The average Bonchev–Trinajstić information content (AvgIpc) is 3.15. The molecule has 6 nitrogen and oxygen atoms in total. The van der Waals surface area contributed by atoms with Crippen molar-refractivity contribution in [2.45, 2.75) is 32.0 Å². The molecule has 1 aromatic carbocycles. The molecule has 2 atom stereocenters. The number of aliphatic hydroxyl groups excluding tert-OH is 1. The van der Waals surface area contributed by atoms with Crippen LogP contribution in [0.15, 0.2) is 48.7 Å². The van der Waals surface area contributed by atoms with Crippen LogP contribution in [-0.2, 0) is 13.0 Å². The van der Waals surface area contributed by atoms with Crippen molar-refractivity contribution in [2.75, 3.05) is 0 Å². The summed E-state index contributed by atoms with van der Waals surface area (Å²) in [5.74, 6) is 0. The van der Waals surface area contributed by atoms with Crippen molar-refractivity contribution in [1.82, 2.24) is 20.0 Å². The molecule has 0 bridgehead atoms. The molecule has 0 saturated carbocycles. The number of aryl methyl sites for hydroxylation is 1. The third kappa shape index (κ3) is 2.96. The summed E-state index contributed by atoms with van der Waals surface area (Å²) in [4.78, 5) is 16.7. The Hall–Kier alpha value is -2.86. The Labute approximate surface area is 145 Å². The molecule has 4 rings (SSSR count). The highest BCUT2D eigenvalue weighted by atomic mass is 16.3. The zero-order valence-corrected chi connectivity index (χ0v) is 13.9. The fraction of sp³-hybridized carbons (Fsp3) is 0.263. The van der Waals surface area contributed by atoms with E-state index >= 15 is 0 Å². The smallest absolute Gasteiger partial charge is 0.315 e. The first-order valence-electron chi connectivity index (χ1n) is 8.35. The van der Waals surface area contributed by atoms with Crippen LogP contribution in [0.2, 0.25) is 0 Å². The summed E-state index contributed by atoms with van der Waals surface area (Å²) in [6, 6.07) is 13.0. The van der Waals surface area contributed by atoms with Gasteiger partial charge >= 0.3 is 6.03 Å². The van der Waals surface area contributed by atoms with Crippen molar-refractivity contribution in [1.29, 1.82) is 0 Å². The third-order valence-electron chi connectivity index (χ3n) is 4.67. The number of fused-ring (bicyclic) bond motifs is 2.